The van der Waals surface area contributed by atoms with Crippen LogP contribution in [0.1, 0.15) is 13.8 Å². The van der Waals surface area contributed by atoms with Gasteiger partial charge in [-0.15, -0.1) is 0 Å². The predicted octanol–water partition coefficient (Wildman–Crippen LogP) is 4.96. The van der Waals surface area contributed by atoms with Crippen molar-refractivity contribution >= 4 is 10.9 Å². The van der Waals surface area contributed by atoms with Gasteiger partial charge in [-0.3, -0.25) is 0 Å². The lowest BCUT2D eigenvalue weighted by Crippen LogP contribution is -2.02. The molecule has 0 radical (unpaired) electrons. The largest absolute Gasteiger partial charge is 0.347 e. The molecule has 96 valence electrons. The molecule has 1 nitrogen and oxygen atoms in total. The minimum atomic E-state index is 0.652. The maximum atomic E-state index is 2.38. The number of para-hydroxylation sites is 1. The average Bonchev–Trinajstić information content (AvgIpc) is 2.78. The van der Waals surface area contributed by atoms with E-state index in [0.717, 1.165) is 6.54 Å². The Morgan fingerprint density at radius 2 is 1.58 bits per heavy atom. The van der Waals surface area contributed by atoms with E-state index in [1.165, 1.54) is 22.0 Å². The van der Waals surface area contributed by atoms with E-state index in [4.69, 9.17) is 0 Å². The molecule has 0 atom stereocenters. The second-order valence-electron chi connectivity index (χ2n) is 5.47. The van der Waals surface area contributed by atoms with E-state index < -0.39 is 0 Å². The van der Waals surface area contributed by atoms with Crippen LogP contribution in [-0.2, 0) is 6.54 Å². The highest BCUT2D eigenvalue weighted by atomic mass is 15.0. The number of nitrogens with zero attached hydrogens (tertiary/aromatic N) is 1. The highest BCUT2D eigenvalue weighted by molar-refractivity contribution is 5.96. The van der Waals surface area contributed by atoms with Gasteiger partial charge in [0.2, 0.25) is 0 Å². The van der Waals surface area contributed by atoms with Crippen molar-refractivity contribution in [1.29, 1.82) is 0 Å². The zero-order chi connectivity index (χ0) is 13.2. The molecular weight excluding hydrogens is 230 g/mol. The van der Waals surface area contributed by atoms with Crippen LogP contribution in [-0.4, -0.2) is 4.57 Å². The third kappa shape index (κ3) is 2.28. The van der Waals surface area contributed by atoms with Gasteiger partial charge in [-0.05, 0) is 17.5 Å². The number of hydrogen-bond acceptors (Lipinski definition) is 0. The summed E-state index contributed by atoms with van der Waals surface area (Å²) in [5.74, 6) is 0.652. The number of rotatable bonds is 3. The van der Waals surface area contributed by atoms with E-state index in [1.807, 2.05) is 0 Å². The number of hydrogen-bond donors (Lipinski definition) is 0. The molecule has 0 bridgehead atoms. The second kappa shape index (κ2) is 4.93. The van der Waals surface area contributed by atoms with Crippen molar-refractivity contribution in [1.82, 2.24) is 4.57 Å². The highest BCUT2D eigenvalue weighted by Gasteiger charge is 2.10. The molecule has 1 aromatic heterocycles. The van der Waals surface area contributed by atoms with E-state index in [2.05, 4.69) is 79.2 Å². The summed E-state index contributed by atoms with van der Waals surface area (Å²) in [5, 5.41) is 1.34. The summed E-state index contributed by atoms with van der Waals surface area (Å²) in [7, 11) is 0. The smallest absolute Gasteiger partial charge is 0.0486 e. The summed E-state index contributed by atoms with van der Waals surface area (Å²) in [4.78, 5) is 0. The fourth-order valence-corrected chi connectivity index (χ4v) is 2.64. The molecule has 3 aromatic rings. The third-order valence-electron chi connectivity index (χ3n) is 3.44. The van der Waals surface area contributed by atoms with Crippen LogP contribution in [0.15, 0.2) is 60.8 Å². The first-order valence-electron chi connectivity index (χ1n) is 6.89. The molecule has 0 saturated heterocycles. The van der Waals surface area contributed by atoms with E-state index in [0.29, 0.717) is 5.92 Å². The van der Waals surface area contributed by atoms with Gasteiger partial charge in [0.25, 0.3) is 0 Å². The van der Waals surface area contributed by atoms with Gasteiger partial charge in [0, 0.05) is 29.2 Å². The minimum absolute atomic E-state index is 0.652. The minimum Gasteiger partial charge on any atom is -0.347 e. The Bertz CT molecular complexity index is 677. The van der Waals surface area contributed by atoms with Crippen molar-refractivity contribution in [3.05, 3.63) is 60.8 Å². The Morgan fingerprint density at radius 1 is 0.895 bits per heavy atom. The van der Waals surface area contributed by atoms with Gasteiger partial charge in [-0.1, -0.05) is 62.4 Å². The van der Waals surface area contributed by atoms with E-state index in [9.17, 15) is 0 Å². The lowest BCUT2D eigenvalue weighted by atomic mass is 10.1. The van der Waals surface area contributed by atoms with Gasteiger partial charge in [0.1, 0.15) is 0 Å². The molecule has 0 saturated carbocycles. The lowest BCUT2D eigenvalue weighted by Gasteiger charge is -2.07. The van der Waals surface area contributed by atoms with Crippen LogP contribution < -0.4 is 0 Å². The molecule has 0 N–H and O–H groups in total. The summed E-state index contributed by atoms with van der Waals surface area (Å²) < 4.78 is 2.38. The van der Waals surface area contributed by atoms with Crippen molar-refractivity contribution in [3.63, 3.8) is 0 Å². The fourth-order valence-electron chi connectivity index (χ4n) is 2.64. The molecule has 0 fully saturated rings. The van der Waals surface area contributed by atoms with Gasteiger partial charge >= 0.3 is 0 Å². The SMILES string of the molecule is CC(C)Cn1cc(-c2ccccc2)c2ccccc21. The van der Waals surface area contributed by atoms with Crippen LogP contribution in [0.25, 0.3) is 22.0 Å². The van der Waals surface area contributed by atoms with Crippen molar-refractivity contribution < 1.29 is 0 Å². The zero-order valence-electron chi connectivity index (χ0n) is 11.5. The summed E-state index contributed by atoms with van der Waals surface area (Å²) in [6.07, 6.45) is 2.29. The first-order chi connectivity index (χ1) is 9.25. The predicted molar refractivity (Wildman–Crippen MR) is 82.2 cm³/mol. The first kappa shape index (κ1) is 12.0. The summed E-state index contributed by atoms with van der Waals surface area (Å²) in [6.45, 7) is 5.58. The second-order valence-corrected chi connectivity index (χ2v) is 5.47. The van der Waals surface area contributed by atoms with Crippen LogP contribution >= 0.6 is 0 Å². The molecule has 0 spiro atoms. The average molecular weight is 249 g/mol. The van der Waals surface area contributed by atoms with Crippen molar-refractivity contribution in [2.24, 2.45) is 5.92 Å². The number of fused-ring (bicyclic) bond motifs is 1. The maximum Gasteiger partial charge on any atom is 0.0486 e. The topological polar surface area (TPSA) is 4.93 Å². The highest BCUT2D eigenvalue weighted by Crippen LogP contribution is 2.30. The van der Waals surface area contributed by atoms with Gasteiger partial charge in [0.05, 0.1) is 0 Å². The van der Waals surface area contributed by atoms with Crippen LogP contribution in [0.5, 0.6) is 0 Å². The summed E-state index contributed by atoms with van der Waals surface area (Å²) >= 11 is 0. The molecule has 0 aliphatic rings. The van der Waals surface area contributed by atoms with E-state index in [1.54, 1.807) is 0 Å². The molecule has 1 heterocycles. The molecular formula is C18H19N. The Hall–Kier alpha value is -2.02. The Morgan fingerprint density at radius 3 is 2.32 bits per heavy atom. The van der Waals surface area contributed by atoms with Crippen LogP contribution in [0.2, 0.25) is 0 Å². The fraction of sp³-hybridized carbons (Fsp3) is 0.222. The van der Waals surface area contributed by atoms with Gasteiger partial charge in [-0.25, -0.2) is 0 Å². The quantitative estimate of drug-likeness (QED) is 0.618. The zero-order valence-corrected chi connectivity index (χ0v) is 11.5. The van der Waals surface area contributed by atoms with Gasteiger partial charge < -0.3 is 4.57 Å². The summed E-state index contributed by atoms with van der Waals surface area (Å²) in [5.41, 5.74) is 3.95. The number of benzene rings is 2. The summed E-state index contributed by atoms with van der Waals surface area (Å²) in [6, 6.07) is 19.3. The Labute approximate surface area is 114 Å². The molecule has 0 unspecified atom stereocenters. The molecule has 19 heavy (non-hydrogen) atoms. The molecule has 0 amide bonds. The lowest BCUT2D eigenvalue weighted by molar-refractivity contribution is 0.535. The molecule has 0 aliphatic carbocycles. The number of aromatic nitrogens is 1. The van der Waals surface area contributed by atoms with Crippen molar-refractivity contribution in [2.45, 2.75) is 20.4 Å². The van der Waals surface area contributed by atoms with Gasteiger partial charge in [-0.2, -0.15) is 0 Å². The maximum absolute atomic E-state index is 2.38. The standard InChI is InChI=1S/C18H19N/c1-14(2)12-19-13-17(15-8-4-3-5-9-15)16-10-6-7-11-18(16)19/h3-11,13-14H,12H2,1-2H3. The van der Waals surface area contributed by atoms with Crippen LogP contribution in [0.4, 0.5) is 0 Å². The van der Waals surface area contributed by atoms with Crippen molar-refractivity contribution in [3.8, 4) is 11.1 Å². The molecule has 0 aliphatic heterocycles. The van der Waals surface area contributed by atoms with Crippen molar-refractivity contribution in [2.75, 3.05) is 0 Å². The Kier molecular flexibility index (Phi) is 3.12. The molecule has 2 aromatic carbocycles. The van der Waals surface area contributed by atoms with E-state index >= 15 is 0 Å². The van der Waals surface area contributed by atoms with Crippen LogP contribution in [0.3, 0.4) is 0 Å². The first-order valence-corrected chi connectivity index (χ1v) is 6.89. The monoisotopic (exact) mass is 249 g/mol. The molecule has 1 heteroatoms. The third-order valence-corrected chi connectivity index (χ3v) is 3.44. The van der Waals surface area contributed by atoms with E-state index in [-0.39, 0.29) is 0 Å². The van der Waals surface area contributed by atoms with Crippen LogP contribution in [0, 0.1) is 5.92 Å². The molecule has 3 rings (SSSR count). The normalized spacial score (nSPS) is 11.3. The van der Waals surface area contributed by atoms with Gasteiger partial charge in [0.15, 0.2) is 0 Å². The Balaban J connectivity index is 2.20.